The number of hydrogen-bond donors (Lipinski definition) is 0. The summed E-state index contributed by atoms with van der Waals surface area (Å²) in [5.41, 5.74) is 10.2. The van der Waals surface area contributed by atoms with E-state index in [0.29, 0.717) is 0 Å². The lowest BCUT2D eigenvalue weighted by Crippen LogP contribution is -2.18. The zero-order valence-corrected chi connectivity index (χ0v) is 23.0. The van der Waals surface area contributed by atoms with Crippen LogP contribution in [0.5, 0.6) is 0 Å². The van der Waals surface area contributed by atoms with Gasteiger partial charge in [0.25, 0.3) is 0 Å². The first-order chi connectivity index (χ1) is 20.2. The van der Waals surface area contributed by atoms with Crippen LogP contribution in [0.2, 0.25) is 0 Å². The van der Waals surface area contributed by atoms with Gasteiger partial charge in [0.2, 0.25) is 0 Å². The Kier molecular flexibility index (Phi) is 6.21. The molecule has 0 saturated carbocycles. The van der Waals surface area contributed by atoms with E-state index in [4.69, 9.17) is 15.0 Å². The summed E-state index contributed by atoms with van der Waals surface area (Å²) in [6.45, 7) is 4.04. The van der Waals surface area contributed by atoms with Crippen molar-refractivity contribution < 1.29 is 0 Å². The Bertz CT molecular complexity index is 1900. The molecule has 1 aliphatic heterocycles. The molecule has 0 bridgehead atoms. The minimum Gasteiger partial charge on any atom is -0.294 e. The highest BCUT2D eigenvalue weighted by molar-refractivity contribution is 6.11. The summed E-state index contributed by atoms with van der Waals surface area (Å²) >= 11 is 0. The molecular weight excluding hydrogens is 500 g/mol. The number of fused-ring (bicyclic) bond motifs is 2. The van der Waals surface area contributed by atoms with E-state index in [9.17, 15) is 0 Å². The summed E-state index contributed by atoms with van der Waals surface area (Å²) < 4.78 is 0. The van der Waals surface area contributed by atoms with E-state index < -0.39 is 0 Å². The quantitative estimate of drug-likeness (QED) is 0.209. The van der Waals surface area contributed by atoms with Crippen LogP contribution in [0.15, 0.2) is 133 Å². The highest BCUT2D eigenvalue weighted by Gasteiger charge is 2.29. The van der Waals surface area contributed by atoms with Crippen molar-refractivity contribution in [3.05, 3.63) is 139 Å². The summed E-state index contributed by atoms with van der Waals surface area (Å²) in [5.74, 6) is 1.58. The van der Waals surface area contributed by atoms with Gasteiger partial charge < -0.3 is 0 Å². The minimum atomic E-state index is 0.726. The first-order valence-corrected chi connectivity index (χ1v) is 13.9. The zero-order valence-electron chi connectivity index (χ0n) is 23.0. The number of nitrogens with zero attached hydrogens (tertiary/aromatic N) is 4. The second kappa shape index (κ2) is 10.3. The number of hydrogen-bond acceptors (Lipinski definition) is 4. The SMILES string of the molecule is C/C=C\C(=C/C)c1nc2c3c(cccc3n1)N(c1cc(-c3ccccc3)cc(-c3ccccc3)n1)c1ccccc1-2. The van der Waals surface area contributed by atoms with E-state index in [1.54, 1.807) is 0 Å². The summed E-state index contributed by atoms with van der Waals surface area (Å²) in [5, 5.41) is 1.03. The van der Waals surface area contributed by atoms with Gasteiger partial charge in [0.1, 0.15) is 5.82 Å². The highest BCUT2D eigenvalue weighted by atomic mass is 15.2. The van der Waals surface area contributed by atoms with E-state index in [-0.39, 0.29) is 0 Å². The van der Waals surface area contributed by atoms with Gasteiger partial charge in [0.15, 0.2) is 5.82 Å². The number of rotatable bonds is 5. The normalized spacial score (nSPS) is 12.6. The Morgan fingerprint density at radius 3 is 2.10 bits per heavy atom. The van der Waals surface area contributed by atoms with Crippen molar-refractivity contribution in [2.75, 3.05) is 4.90 Å². The van der Waals surface area contributed by atoms with Gasteiger partial charge in [-0.2, -0.15) is 0 Å². The Morgan fingerprint density at radius 2 is 1.34 bits per heavy atom. The maximum absolute atomic E-state index is 5.26. The first-order valence-electron chi connectivity index (χ1n) is 13.9. The molecule has 4 nitrogen and oxygen atoms in total. The molecule has 1 aliphatic rings. The van der Waals surface area contributed by atoms with Crippen LogP contribution in [0.25, 0.3) is 50.1 Å². The van der Waals surface area contributed by atoms with Crippen molar-refractivity contribution in [1.29, 1.82) is 0 Å². The molecule has 3 heterocycles. The maximum atomic E-state index is 5.26. The number of allylic oxidation sites excluding steroid dienone is 4. The third kappa shape index (κ3) is 4.30. The molecule has 0 unspecified atom stereocenters. The van der Waals surface area contributed by atoms with Crippen LogP contribution in [-0.2, 0) is 0 Å². The van der Waals surface area contributed by atoms with Crippen molar-refractivity contribution in [3.63, 3.8) is 0 Å². The third-order valence-electron chi connectivity index (χ3n) is 7.48. The van der Waals surface area contributed by atoms with E-state index >= 15 is 0 Å². The van der Waals surface area contributed by atoms with Crippen LogP contribution in [0.4, 0.5) is 17.2 Å². The van der Waals surface area contributed by atoms with Crippen LogP contribution in [0.3, 0.4) is 0 Å². The fraction of sp³-hybridized carbons (Fsp3) is 0.0541. The Labute approximate surface area is 240 Å². The maximum Gasteiger partial charge on any atom is 0.160 e. The molecule has 0 saturated heterocycles. The molecule has 0 N–H and O–H groups in total. The first kappa shape index (κ1) is 24.7. The van der Waals surface area contributed by atoms with Gasteiger partial charge in [-0.15, -0.1) is 0 Å². The molecule has 0 spiro atoms. The molecule has 6 aromatic rings. The molecule has 196 valence electrons. The van der Waals surface area contributed by atoms with Gasteiger partial charge in [-0.05, 0) is 55.3 Å². The van der Waals surface area contributed by atoms with Crippen LogP contribution >= 0.6 is 0 Å². The third-order valence-corrected chi connectivity index (χ3v) is 7.48. The van der Waals surface area contributed by atoms with Crippen LogP contribution in [0.1, 0.15) is 19.7 Å². The van der Waals surface area contributed by atoms with Crippen molar-refractivity contribution in [1.82, 2.24) is 15.0 Å². The summed E-state index contributed by atoms with van der Waals surface area (Å²) in [6, 6.07) is 40.0. The largest absolute Gasteiger partial charge is 0.294 e. The van der Waals surface area contributed by atoms with Crippen LogP contribution in [0, 0.1) is 0 Å². The van der Waals surface area contributed by atoms with E-state index in [2.05, 4.69) is 120 Å². The smallest absolute Gasteiger partial charge is 0.160 e. The van der Waals surface area contributed by atoms with Crippen molar-refractivity contribution in [2.45, 2.75) is 13.8 Å². The molecule has 2 aromatic heterocycles. The molecule has 0 atom stereocenters. The molecule has 0 amide bonds. The minimum absolute atomic E-state index is 0.726. The molecule has 4 aromatic carbocycles. The predicted molar refractivity (Wildman–Crippen MR) is 170 cm³/mol. The highest BCUT2D eigenvalue weighted by Crippen LogP contribution is 2.50. The number of anilines is 3. The van der Waals surface area contributed by atoms with Crippen molar-refractivity contribution in [2.24, 2.45) is 0 Å². The van der Waals surface area contributed by atoms with Crippen LogP contribution < -0.4 is 4.90 Å². The molecule has 4 heteroatoms. The van der Waals surface area contributed by atoms with Gasteiger partial charge in [-0.25, -0.2) is 15.0 Å². The second-order valence-electron chi connectivity index (χ2n) is 9.99. The molecule has 7 rings (SSSR count). The van der Waals surface area contributed by atoms with Gasteiger partial charge in [0, 0.05) is 16.7 Å². The number of aromatic nitrogens is 3. The molecule has 0 aliphatic carbocycles. The Morgan fingerprint density at radius 1 is 0.634 bits per heavy atom. The van der Waals surface area contributed by atoms with E-state index in [1.807, 2.05) is 32.1 Å². The Balaban J connectivity index is 1.51. The Hall–Kier alpha value is -5.35. The lowest BCUT2D eigenvalue weighted by atomic mass is 9.96. The second-order valence-corrected chi connectivity index (χ2v) is 9.99. The van der Waals surface area contributed by atoms with Gasteiger partial charge >= 0.3 is 0 Å². The fourth-order valence-corrected chi connectivity index (χ4v) is 5.58. The summed E-state index contributed by atoms with van der Waals surface area (Å²) in [7, 11) is 0. The topological polar surface area (TPSA) is 41.9 Å². The van der Waals surface area contributed by atoms with Gasteiger partial charge in [-0.1, -0.05) is 103 Å². The van der Waals surface area contributed by atoms with Crippen LogP contribution in [-0.4, -0.2) is 15.0 Å². The zero-order chi connectivity index (χ0) is 27.8. The van der Waals surface area contributed by atoms with E-state index in [1.165, 1.54) is 0 Å². The summed E-state index contributed by atoms with van der Waals surface area (Å²) in [6.07, 6.45) is 6.14. The monoisotopic (exact) mass is 528 g/mol. The molecular formula is C37H28N4. The predicted octanol–water partition coefficient (Wildman–Crippen LogP) is 9.79. The van der Waals surface area contributed by atoms with Gasteiger partial charge in [0.05, 0.1) is 33.7 Å². The lowest BCUT2D eigenvalue weighted by Gasteiger charge is -2.32. The van der Waals surface area contributed by atoms with E-state index in [0.717, 1.165) is 73.1 Å². The lowest BCUT2D eigenvalue weighted by molar-refractivity contribution is 1.14. The molecule has 41 heavy (non-hydrogen) atoms. The number of benzene rings is 4. The van der Waals surface area contributed by atoms with Gasteiger partial charge in [-0.3, -0.25) is 4.90 Å². The molecule has 0 fully saturated rings. The van der Waals surface area contributed by atoms with Crippen molar-refractivity contribution in [3.8, 4) is 33.6 Å². The van der Waals surface area contributed by atoms with Crippen molar-refractivity contribution >= 4 is 33.7 Å². The summed E-state index contributed by atoms with van der Waals surface area (Å²) in [4.78, 5) is 17.7. The fourth-order valence-electron chi connectivity index (χ4n) is 5.58. The number of pyridine rings is 1. The average molecular weight is 529 g/mol. The average Bonchev–Trinajstić information content (AvgIpc) is 3.04. The number of para-hydroxylation sites is 1. The standard InChI is InChI=1S/C37H28N4/c1-3-14-25(4-2)37-39-30-20-13-22-33-35(30)36(40-37)29-19-11-12-21-32(29)41(33)34-24-28(26-15-7-5-8-16-26)23-31(38-34)27-17-9-6-10-18-27/h3-24H,1-2H3/b14-3-,25-4+. The molecule has 0 radical (unpaired) electrons.